The van der Waals surface area contributed by atoms with E-state index < -0.39 is 33.4 Å². The summed E-state index contributed by atoms with van der Waals surface area (Å²) in [4.78, 5) is 35.5. The van der Waals surface area contributed by atoms with Gasteiger partial charge in [-0.1, -0.05) is 123 Å². The molecule has 4 aliphatic rings. The first-order valence-electron chi connectivity index (χ1n) is 21.2. The topological polar surface area (TPSA) is 109 Å². The third-order valence-electron chi connectivity index (χ3n) is 13.2. The van der Waals surface area contributed by atoms with E-state index in [1.807, 2.05) is 42.5 Å². The number of allylic oxidation sites excluding steroid dienone is 1. The minimum Gasteiger partial charge on any atom is -0.507 e. The van der Waals surface area contributed by atoms with Crippen LogP contribution in [0.2, 0.25) is 11.4 Å². The first-order chi connectivity index (χ1) is 28.5. The largest absolute Gasteiger partial charge is 0.507 e. The van der Waals surface area contributed by atoms with Gasteiger partial charge >= 0.3 is 7.12 Å². The van der Waals surface area contributed by atoms with Gasteiger partial charge < -0.3 is 19.2 Å². The Labute approximate surface area is 358 Å². The molecule has 2 aliphatic carbocycles. The predicted molar refractivity (Wildman–Crippen MR) is 239 cm³/mol. The molecule has 4 atom stereocenters. The van der Waals surface area contributed by atoms with E-state index in [2.05, 4.69) is 90.2 Å². The zero-order valence-corrected chi connectivity index (χ0v) is 36.8. The van der Waals surface area contributed by atoms with E-state index in [1.54, 1.807) is 23.2 Å². The monoisotopic (exact) mass is 872 g/mol. The summed E-state index contributed by atoms with van der Waals surface area (Å²) >= 11 is 3.55. The Hall–Kier alpha value is -4.13. The van der Waals surface area contributed by atoms with Crippen molar-refractivity contribution in [2.75, 3.05) is 6.61 Å². The van der Waals surface area contributed by atoms with Gasteiger partial charge in [0, 0.05) is 22.3 Å². The number of likely N-dealkylation sites (tertiary alicyclic amines) is 1. The Kier molecular flexibility index (Phi) is 12.3. The minimum atomic E-state index is -3.00. The number of rotatable bonds is 11. The summed E-state index contributed by atoms with van der Waals surface area (Å²) in [6.07, 6.45) is 9.64. The molecule has 2 saturated heterocycles. The Balaban J connectivity index is 1.22. The maximum atomic E-state index is 14.6. The van der Waals surface area contributed by atoms with E-state index in [0.717, 1.165) is 69.4 Å². The molecule has 4 aromatic rings. The molecule has 2 N–H and O–H groups in total. The van der Waals surface area contributed by atoms with Crippen molar-refractivity contribution in [3.8, 4) is 5.75 Å². The van der Waals surface area contributed by atoms with Gasteiger partial charge in [-0.25, -0.2) is 0 Å². The van der Waals surface area contributed by atoms with Crippen LogP contribution < -0.4 is 10.4 Å². The smallest absolute Gasteiger partial charge is 0.455 e. The molecular formula is C48H54BBrN2O6Si. The molecule has 1 saturated carbocycles. The number of halogens is 1. The molecule has 1 aromatic heterocycles. The summed E-state index contributed by atoms with van der Waals surface area (Å²) in [5.41, 5.74) is 4.31. The maximum Gasteiger partial charge on any atom is 0.455 e. The van der Waals surface area contributed by atoms with Crippen LogP contribution in [0.5, 0.6) is 5.75 Å². The molecule has 0 spiro atoms. The molecule has 3 fully saturated rings. The number of hydrogen-bond donors (Lipinski definition) is 2. The summed E-state index contributed by atoms with van der Waals surface area (Å²) in [6.45, 7) is 7.05. The molecule has 2 aliphatic heterocycles. The number of carbonyl (C=O) groups is 2. The molecule has 3 aromatic carbocycles. The third kappa shape index (κ3) is 8.21. The van der Waals surface area contributed by atoms with E-state index in [9.17, 15) is 19.7 Å². The van der Waals surface area contributed by atoms with Crippen molar-refractivity contribution in [3.05, 3.63) is 130 Å². The zero-order valence-electron chi connectivity index (χ0n) is 34.2. The van der Waals surface area contributed by atoms with Crippen LogP contribution >= 0.6 is 15.9 Å². The molecule has 8 rings (SSSR count). The zero-order chi connectivity index (χ0) is 41.3. The second-order valence-corrected chi connectivity index (χ2v) is 23.0. The van der Waals surface area contributed by atoms with Crippen LogP contribution in [-0.4, -0.2) is 66.0 Å². The van der Waals surface area contributed by atoms with Crippen molar-refractivity contribution in [2.45, 2.75) is 95.6 Å². The van der Waals surface area contributed by atoms with Gasteiger partial charge in [0.2, 0.25) is 11.8 Å². The van der Waals surface area contributed by atoms with Gasteiger partial charge in [0.1, 0.15) is 5.75 Å². The lowest BCUT2D eigenvalue weighted by Crippen LogP contribution is -2.66. The molecule has 2 amide bonds. The molecule has 0 bridgehead atoms. The second-order valence-electron chi connectivity index (χ2n) is 17.7. The quantitative estimate of drug-likeness (QED) is 0.0884. The van der Waals surface area contributed by atoms with Crippen LogP contribution in [0.3, 0.4) is 0 Å². The van der Waals surface area contributed by atoms with E-state index in [4.69, 9.17) is 9.08 Å². The lowest BCUT2D eigenvalue weighted by molar-refractivity contribution is -0.143. The molecule has 0 unspecified atom stereocenters. The van der Waals surface area contributed by atoms with Crippen molar-refractivity contribution < 1.29 is 28.8 Å². The number of carbonyl (C=O) groups excluding carboxylic acids is 2. The van der Waals surface area contributed by atoms with Crippen LogP contribution in [-0.2, 0) is 18.7 Å². The second kappa shape index (κ2) is 17.5. The van der Waals surface area contributed by atoms with Crippen molar-refractivity contribution in [1.82, 2.24) is 9.88 Å². The lowest BCUT2D eigenvalue weighted by Gasteiger charge is -2.46. The molecule has 3 heterocycles. The normalized spacial score (nSPS) is 23.1. The number of aromatic nitrogens is 1. The fourth-order valence-corrected chi connectivity index (χ4v) is 15.4. The van der Waals surface area contributed by atoms with Crippen LogP contribution in [0, 0.1) is 17.8 Å². The molecule has 59 heavy (non-hydrogen) atoms. The van der Waals surface area contributed by atoms with Crippen molar-refractivity contribution in [2.24, 2.45) is 17.8 Å². The summed E-state index contributed by atoms with van der Waals surface area (Å²) in [6, 6.07) is 32.1. The number of amides is 2. The van der Waals surface area contributed by atoms with Gasteiger partial charge in [0.25, 0.3) is 8.32 Å². The number of aromatic hydroxyl groups is 1. The van der Waals surface area contributed by atoms with E-state index >= 15 is 0 Å². The SMILES string of the molecule is CC(C)(C)[Si](OCC1=C2[C@@H](CC/C(=C/c3cc(Br)ccc3O)c3ccccn3)OB(O)C[C@@H]2[C@@H]2C(=O)N(C3CCCCC3)C(=O)[C@@H]2C1)(c1ccccc1)c1ccccc1. The van der Waals surface area contributed by atoms with Crippen LogP contribution in [0.4, 0.5) is 0 Å². The fraction of sp³-hybridized carbons (Fsp3) is 0.396. The molecular weight excluding hydrogens is 819 g/mol. The third-order valence-corrected chi connectivity index (χ3v) is 18.6. The minimum absolute atomic E-state index is 0.0689. The van der Waals surface area contributed by atoms with Gasteiger partial charge in [-0.2, -0.15) is 0 Å². The Morgan fingerprint density at radius 3 is 2.25 bits per heavy atom. The number of hydrogen-bond acceptors (Lipinski definition) is 7. The molecule has 0 radical (unpaired) electrons. The van der Waals surface area contributed by atoms with Crippen molar-refractivity contribution in [1.29, 1.82) is 0 Å². The Morgan fingerprint density at radius 2 is 1.61 bits per heavy atom. The lowest BCUT2D eigenvalue weighted by atomic mass is 9.58. The van der Waals surface area contributed by atoms with Gasteiger partial charge in [0.05, 0.1) is 30.2 Å². The molecule has 306 valence electrons. The maximum absolute atomic E-state index is 14.6. The fourth-order valence-electron chi connectivity index (χ4n) is 10.5. The highest BCUT2D eigenvalue weighted by Gasteiger charge is 2.59. The number of imide groups is 1. The molecule has 8 nitrogen and oxygen atoms in total. The standard InChI is InChI=1S/C48H54BBrN2O6Si/c1-48(2,3)59(37-17-9-5-10-18-37,38-19-11-6-12-20-38)57-31-34-29-39-45(47(55)52(46(39)54)36-15-7-4-8-16-36)40-30-49(56)58-43(44(34)40)25-22-32(41-21-13-14-26-51-41)27-33-28-35(50)23-24-42(33)53/h5-6,9-14,17-21,23-24,26-28,36,39-40,43,45,53,56H,4,7-8,15-16,22,25,29-31H2,1-3H3/b32-27-/t39-,40+,43-,45-/m1/s1. The summed E-state index contributed by atoms with van der Waals surface area (Å²) in [5.74, 6) is -1.44. The van der Waals surface area contributed by atoms with Gasteiger partial charge in [0.15, 0.2) is 0 Å². The first kappa shape index (κ1) is 41.6. The van der Waals surface area contributed by atoms with E-state index in [0.29, 0.717) is 24.8 Å². The number of fused-ring (bicyclic) bond motifs is 3. The summed E-state index contributed by atoms with van der Waals surface area (Å²) in [7, 11) is -4.10. The number of pyridine rings is 1. The van der Waals surface area contributed by atoms with Crippen LogP contribution in [0.1, 0.15) is 83.4 Å². The van der Waals surface area contributed by atoms with Crippen molar-refractivity contribution in [3.63, 3.8) is 0 Å². The van der Waals surface area contributed by atoms with Crippen molar-refractivity contribution >= 4 is 65.2 Å². The summed E-state index contributed by atoms with van der Waals surface area (Å²) in [5, 5.41) is 24.4. The average Bonchev–Trinajstić information content (AvgIpc) is 3.49. The van der Waals surface area contributed by atoms with E-state index in [-0.39, 0.29) is 47.5 Å². The molecule has 11 heteroatoms. The van der Waals surface area contributed by atoms with Crippen LogP contribution in [0.25, 0.3) is 11.6 Å². The van der Waals surface area contributed by atoms with Crippen LogP contribution in [0.15, 0.2) is 119 Å². The Morgan fingerprint density at radius 1 is 0.932 bits per heavy atom. The Bertz CT molecular complexity index is 2170. The average molecular weight is 874 g/mol. The van der Waals surface area contributed by atoms with Gasteiger partial charge in [-0.3, -0.25) is 19.5 Å². The highest BCUT2D eigenvalue weighted by atomic mass is 79.9. The number of nitrogens with zero attached hydrogens (tertiary/aromatic N) is 2. The predicted octanol–water partition coefficient (Wildman–Crippen LogP) is 8.58. The highest BCUT2D eigenvalue weighted by molar-refractivity contribution is 9.10. The van der Waals surface area contributed by atoms with E-state index in [1.165, 1.54) is 0 Å². The first-order valence-corrected chi connectivity index (χ1v) is 23.9. The number of phenols is 1. The van der Waals surface area contributed by atoms with Gasteiger partial charge in [-0.15, -0.1) is 0 Å². The highest BCUT2D eigenvalue weighted by Crippen LogP contribution is 2.52. The number of phenolic OH excluding ortho intramolecular Hbond substituents is 1. The summed E-state index contributed by atoms with van der Waals surface area (Å²) < 4.78 is 14.9. The number of benzene rings is 3. The van der Waals surface area contributed by atoms with Gasteiger partial charge in [-0.05, 0) is 113 Å².